The third kappa shape index (κ3) is 5.19. The van der Waals surface area contributed by atoms with E-state index in [-0.39, 0.29) is 5.92 Å². The van der Waals surface area contributed by atoms with Gasteiger partial charge in [-0.15, -0.1) is 0 Å². The summed E-state index contributed by atoms with van der Waals surface area (Å²) in [6.07, 6.45) is 3.68. The molecule has 1 aromatic rings. The maximum absolute atomic E-state index is 12.2. The van der Waals surface area contributed by atoms with Gasteiger partial charge in [0.2, 0.25) is 0 Å². The van der Waals surface area contributed by atoms with E-state index >= 15 is 0 Å². The minimum absolute atomic E-state index is 0.130. The summed E-state index contributed by atoms with van der Waals surface area (Å²) in [5.74, 6) is -0.982. The van der Waals surface area contributed by atoms with Crippen molar-refractivity contribution >= 4 is 23.4 Å². The van der Waals surface area contributed by atoms with Crippen LogP contribution in [0.3, 0.4) is 0 Å². The monoisotopic (exact) mass is 324 g/mol. The Kier molecular flexibility index (Phi) is 7.12. The quantitative estimate of drug-likeness (QED) is 0.435. The van der Waals surface area contributed by atoms with Crippen molar-refractivity contribution in [2.45, 2.75) is 39.5 Å². The molecule has 0 saturated heterocycles. The van der Waals surface area contributed by atoms with Crippen molar-refractivity contribution in [3.8, 4) is 5.75 Å². The Bertz CT molecular complexity index is 576. The van der Waals surface area contributed by atoms with Gasteiger partial charge in [0.05, 0.1) is 12.2 Å². The molecule has 4 nitrogen and oxygen atoms in total. The van der Waals surface area contributed by atoms with Gasteiger partial charge in [-0.05, 0) is 36.1 Å². The first kappa shape index (κ1) is 18.2. The predicted octanol–water partition coefficient (Wildman–Crippen LogP) is 4.47. The summed E-state index contributed by atoms with van der Waals surface area (Å²) in [4.78, 5) is 22.8. The highest BCUT2D eigenvalue weighted by molar-refractivity contribution is 6.31. The van der Waals surface area contributed by atoms with Crippen LogP contribution in [0.1, 0.15) is 55.5 Å². The summed E-state index contributed by atoms with van der Waals surface area (Å²) in [6, 6.07) is 3.30. The van der Waals surface area contributed by atoms with Gasteiger partial charge >= 0.3 is 5.97 Å². The zero-order valence-electron chi connectivity index (χ0n) is 13.1. The summed E-state index contributed by atoms with van der Waals surface area (Å²) >= 11 is 6.09. The Morgan fingerprint density at radius 3 is 2.55 bits per heavy atom. The van der Waals surface area contributed by atoms with Crippen molar-refractivity contribution in [1.82, 2.24) is 0 Å². The first-order valence-corrected chi connectivity index (χ1v) is 7.66. The highest BCUT2D eigenvalue weighted by Crippen LogP contribution is 2.34. The first-order valence-electron chi connectivity index (χ1n) is 7.28. The van der Waals surface area contributed by atoms with E-state index in [4.69, 9.17) is 21.4 Å². The molecule has 0 amide bonds. The fourth-order valence-electron chi connectivity index (χ4n) is 1.94. The van der Waals surface area contributed by atoms with E-state index < -0.39 is 11.8 Å². The summed E-state index contributed by atoms with van der Waals surface area (Å²) in [6.45, 7) is 6.52. The molecule has 1 rings (SSSR count). The Balaban J connectivity index is 3.27. The topological polar surface area (TPSA) is 63.6 Å². The Morgan fingerprint density at radius 2 is 2.00 bits per heavy atom. The minimum Gasteiger partial charge on any atom is -0.493 e. The molecule has 22 heavy (non-hydrogen) atoms. The van der Waals surface area contributed by atoms with Crippen LogP contribution in [0.2, 0.25) is 5.02 Å². The molecule has 120 valence electrons. The number of hydrogen-bond acceptors (Lipinski definition) is 3. The number of ketones is 1. The molecular weight excluding hydrogens is 304 g/mol. The van der Waals surface area contributed by atoms with Gasteiger partial charge in [-0.1, -0.05) is 38.8 Å². The van der Waals surface area contributed by atoms with Gasteiger partial charge in [-0.3, -0.25) is 4.79 Å². The van der Waals surface area contributed by atoms with Crippen molar-refractivity contribution < 1.29 is 19.4 Å². The van der Waals surface area contributed by atoms with E-state index in [1.54, 1.807) is 6.07 Å². The lowest BCUT2D eigenvalue weighted by atomic mass is 9.97. The van der Waals surface area contributed by atoms with Gasteiger partial charge in [0.15, 0.2) is 5.78 Å². The standard InChI is InChI=1S/C17H21ClO4/c1-4-5-8-22-17-13(11(2)3)9-12(18)10-14(17)15(19)6-7-16(20)21/h6-7,9-11H,4-5,8H2,1-3H3,(H,20,21)/b7-6+. The van der Waals surface area contributed by atoms with E-state index in [0.717, 1.165) is 30.6 Å². The van der Waals surface area contributed by atoms with Crippen LogP contribution in [0.25, 0.3) is 0 Å². The zero-order chi connectivity index (χ0) is 16.7. The molecule has 0 saturated carbocycles. The second kappa shape index (κ2) is 8.59. The number of carboxylic acids is 1. The molecule has 0 aromatic heterocycles. The van der Waals surface area contributed by atoms with Crippen LogP contribution < -0.4 is 4.74 Å². The summed E-state index contributed by atoms with van der Waals surface area (Å²) < 4.78 is 5.79. The molecule has 1 N–H and O–H groups in total. The van der Waals surface area contributed by atoms with Crippen LogP contribution in [0.5, 0.6) is 5.75 Å². The fraction of sp³-hybridized carbons (Fsp3) is 0.412. The van der Waals surface area contributed by atoms with Crippen molar-refractivity contribution in [2.24, 2.45) is 0 Å². The largest absolute Gasteiger partial charge is 0.493 e. The molecule has 0 aliphatic rings. The zero-order valence-corrected chi connectivity index (χ0v) is 13.8. The number of hydrogen-bond donors (Lipinski definition) is 1. The summed E-state index contributed by atoms with van der Waals surface area (Å²) in [7, 11) is 0. The molecular formula is C17H21ClO4. The van der Waals surface area contributed by atoms with E-state index in [2.05, 4.69) is 6.92 Å². The second-order valence-electron chi connectivity index (χ2n) is 5.26. The highest BCUT2D eigenvalue weighted by Gasteiger charge is 2.18. The lowest BCUT2D eigenvalue weighted by Crippen LogP contribution is -2.08. The van der Waals surface area contributed by atoms with E-state index in [9.17, 15) is 9.59 Å². The molecule has 0 heterocycles. The van der Waals surface area contributed by atoms with Crippen LogP contribution in [-0.2, 0) is 4.79 Å². The summed E-state index contributed by atoms with van der Waals surface area (Å²) in [5, 5.41) is 9.08. The molecule has 0 fully saturated rings. The van der Waals surface area contributed by atoms with E-state index in [1.165, 1.54) is 6.07 Å². The number of carboxylic acid groups (broad SMARTS) is 1. The van der Waals surface area contributed by atoms with Crippen molar-refractivity contribution in [3.05, 3.63) is 40.4 Å². The number of halogens is 1. The average molecular weight is 325 g/mol. The van der Waals surface area contributed by atoms with Crippen LogP contribution in [-0.4, -0.2) is 23.5 Å². The SMILES string of the molecule is CCCCOc1c(C(=O)/C=C/C(=O)O)cc(Cl)cc1C(C)C. The van der Waals surface area contributed by atoms with Crippen LogP contribution >= 0.6 is 11.6 Å². The number of unbranched alkanes of at least 4 members (excludes halogenated alkanes) is 1. The van der Waals surface area contributed by atoms with E-state index in [1.807, 2.05) is 13.8 Å². The Labute approximate surface area is 135 Å². The normalized spacial score (nSPS) is 11.1. The first-order chi connectivity index (χ1) is 10.4. The summed E-state index contributed by atoms with van der Waals surface area (Å²) in [5.41, 5.74) is 1.14. The Morgan fingerprint density at radius 1 is 1.32 bits per heavy atom. The van der Waals surface area contributed by atoms with Gasteiger partial charge in [0.1, 0.15) is 5.75 Å². The predicted molar refractivity (Wildman–Crippen MR) is 87.1 cm³/mol. The lowest BCUT2D eigenvalue weighted by molar-refractivity contribution is -0.131. The number of carbonyl (C=O) groups is 2. The van der Waals surface area contributed by atoms with Gasteiger partial charge in [-0.25, -0.2) is 4.79 Å². The minimum atomic E-state index is -1.17. The number of rotatable bonds is 8. The average Bonchev–Trinajstić information content (AvgIpc) is 2.45. The highest BCUT2D eigenvalue weighted by atomic mass is 35.5. The van der Waals surface area contributed by atoms with Crippen molar-refractivity contribution in [2.75, 3.05) is 6.61 Å². The van der Waals surface area contributed by atoms with Crippen LogP contribution in [0, 0.1) is 0 Å². The molecule has 0 aliphatic carbocycles. The molecule has 0 bridgehead atoms. The lowest BCUT2D eigenvalue weighted by Gasteiger charge is -2.17. The molecule has 0 radical (unpaired) electrons. The van der Waals surface area contributed by atoms with Crippen LogP contribution in [0.4, 0.5) is 0 Å². The number of allylic oxidation sites excluding steroid dienone is 1. The number of benzene rings is 1. The maximum atomic E-state index is 12.2. The third-order valence-corrected chi connectivity index (χ3v) is 3.31. The van der Waals surface area contributed by atoms with Crippen molar-refractivity contribution in [3.63, 3.8) is 0 Å². The number of ether oxygens (including phenoxy) is 1. The molecule has 1 aromatic carbocycles. The van der Waals surface area contributed by atoms with Crippen molar-refractivity contribution in [1.29, 1.82) is 0 Å². The number of aliphatic carboxylic acids is 1. The maximum Gasteiger partial charge on any atom is 0.328 e. The fourth-order valence-corrected chi connectivity index (χ4v) is 2.17. The molecule has 0 aliphatic heterocycles. The second-order valence-corrected chi connectivity index (χ2v) is 5.70. The van der Waals surface area contributed by atoms with E-state index in [0.29, 0.717) is 22.9 Å². The molecule has 0 spiro atoms. The molecule has 0 unspecified atom stereocenters. The Hall–Kier alpha value is -1.81. The third-order valence-electron chi connectivity index (χ3n) is 3.09. The van der Waals surface area contributed by atoms with Gasteiger partial charge < -0.3 is 9.84 Å². The van der Waals surface area contributed by atoms with Gasteiger partial charge in [0, 0.05) is 11.1 Å². The smallest absolute Gasteiger partial charge is 0.328 e. The molecule has 0 atom stereocenters. The van der Waals surface area contributed by atoms with Crippen LogP contribution in [0.15, 0.2) is 24.3 Å². The van der Waals surface area contributed by atoms with Gasteiger partial charge in [-0.2, -0.15) is 0 Å². The van der Waals surface area contributed by atoms with Gasteiger partial charge in [0.25, 0.3) is 0 Å². The number of carbonyl (C=O) groups excluding carboxylic acids is 1. The molecule has 5 heteroatoms.